The van der Waals surface area contributed by atoms with Gasteiger partial charge in [0.1, 0.15) is 0 Å². The van der Waals surface area contributed by atoms with Crippen LogP contribution in [0.3, 0.4) is 0 Å². The number of hydrogen-bond acceptors (Lipinski definition) is 3. The van der Waals surface area contributed by atoms with Crippen molar-refractivity contribution in [3.05, 3.63) is 327 Å². The molecule has 0 fully saturated rings. The second kappa shape index (κ2) is 36.8. The molecule has 0 radical (unpaired) electrons. The minimum atomic E-state index is 0.301. The SMILES string of the molecule is CC(C)Cn1c2c(c3cc(-c4ccc5c(c4)c4cc(CCCc6ccc(-c7nc(-c8ccc(CCCC9=Cc%10c(n(CC(C)C)c%11ccc(-c%12ccc%13c(c%12)c%12c(n%13CC(C)C)CCC=C%12)cc%10%11)CC9)cc8)nc(-c8ccc(CCCc9ccc%10c(c9)c9c(n%10CC(C)C)C=CC(c%10ccc%11c(c%10)c%10ccccc%10n%11CC(C)C)C9)cc8)n7)cc6)ccc4n5CC(C)C)ccc31)CCC=C2. The van der Waals surface area contributed by atoms with Gasteiger partial charge in [-0.05, 0) is 308 Å². The Morgan fingerprint density at radius 2 is 0.652 bits per heavy atom. The van der Waals surface area contributed by atoms with Crippen LogP contribution in [0.5, 0.6) is 0 Å². The fraction of sp³-hybridized carbons (Fsp3) is 0.325. The first-order valence-electron chi connectivity index (χ1n) is 51.2. The summed E-state index contributed by atoms with van der Waals surface area (Å²) in [6.07, 6.45) is 33.8. The summed E-state index contributed by atoms with van der Waals surface area (Å²) in [5.74, 6) is 5.66. The highest BCUT2D eigenvalue weighted by molar-refractivity contribution is 6.11. The number of fused-ring (bicyclic) bond motifs is 18. The topological polar surface area (TPSA) is 68.2 Å². The minimum absolute atomic E-state index is 0.301. The molecule has 680 valence electrons. The molecule has 135 heavy (non-hydrogen) atoms. The lowest BCUT2D eigenvalue weighted by Crippen LogP contribution is -2.10. The third-order valence-corrected chi connectivity index (χ3v) is 29.7. The highest BCUT2D eigenvalue weighted by atomic mass is 15.0. The lowest BCUT2D eigenvalue weighted by atomic mass is 9.86. The summed E-state index contributed by atoms with van der Waals surface area (Å²) in [5.41, 5.74) is 40.2. The summed E-state index contributed by atoms with van der Waals surface area (Å²) in [7, 11) is 0. The minimum Gasteiger partial charge on any atom is -0.344 e. The highest BCUT2D eigenvalue weighted by Crippen LogP contribution is 2.46. The quantitative estimate of drug-likeness (QED) is 0.0450. The third kappa shape index (κ3) is 17.1. The van der Waals surface area contributed by atoms with Gasteiger partial charge < -0.3 is 27.4 Å². The molecule has 7 heterocycles. The van der Waals surface area contributed by atoms with Crippen molar-refractivity contribution >= 4 is 112 Å². The van der Waals surface area contributed by atoms with E-state index in [9.17, 15) is 0 Å². The Morgan fingerprint density at radius 1 is 0.281 bits per heavy atom. The normalized spacial score (nSPS) is 14.4. The van der Waals surface area contributed by atoms with Crippen LogP contribution in [0.4, 0.5) is 0 Å². The van der Waals surface area contributed by atoms with Crippen LogP contribution >= 0.6 is 0 Å². The zero-order valence-electron chi connectivity index (χ0n) is 81.5. The summed E-state index contributed by atoms with van der Waals surface area (Å²) < 4.78 is 15.5. The van der Waals surface area contributed by atoms with Crippen LogP contribution in [0.1, 0.15) is 212 Å². The standard InChI is InChI=1S/C126H131N9/c1-79(2)73-130-112-31-16-13-28-100(112)106-67-94(49-58-118(106)130)97-52-61-121-109(70-97)103-64-88(40-55-115(103)133(121)76-82(7)8)25-19-22-85-34-43-91(44-35-85)124-127-125(92-45-36-86(37-46-92)23-20-26-89-41-56-116-104(65-89)110-71-98(53-62-122(110)134(116)77-83(9)10)95-50-59-119-107(68-95)101-29-14-17-32-113(101)131(119)74-80(3)4)129-126(128-124)93-47-38-87(39-48-93)24-21-27-90-42-57-117-105(66-90)111-72-99(54-63-123(111)135(117)78-84(11)12)96-51-60-120-108(69-96)102-30-15-18-33-114(102)132(120)75-81(5)6/h13-14,16,18,28-29,31,33-40,42-55,57-69,71-72,79-84,97H,15,17,19-27,30,32,41,56,70,73-78H2,1-12H3. The van der Waals surface area contributed by atoms with Crippen LogP contribution in [-0.2, 0) is 97.1 Å². The molecule has 0 saturated heterocycles. The second-order valence-corrected chi connectivity index (χ2v) is 42.7. The van der Waals surface area contributed by atoms with Crippen molar-refractivity contribution in [1.82, 2.24) is 42.4 Å². The van der Waals surface area contributed by atoms with Gasteiger partial charge in [-0.25, -0.2) is 15.0 Å². The number of hydrogen-bond donors (Lipinski definition) is 0. The van der Waals surface area contributed by atoms with E-state index >= 15 is 0 Å². The molecule has 9 nitrogen and oxygen atoms in total. The van der Waals surface area contributed by atoms with Crippen LogP contribution in [-0.4, -0.2) is 42.4 Å². The highest BCUT2D eigenvalue weighted by Gasteiger charge is 2.29. The summed E-state index contributed by atoms with van der Waals surface area (Å²) in [4.78, 5) is 16.1. The smallest absolute Gasteiger partial charge is 0.164 e. The molecule has 0 saturated carbocycles. The van der Waals surface area contributed by atoms with E-state index in [0.717, 1.165) is 159 Å². The van der Waals surface area contributed by atoms with Crippen molar-refractivity contribution in [2.24, 2.45) is 35.5 Å². The molecule has 1 unspecified atom stereocenters. The maximum Gasteiger partial charge on any atom is 0.164 e. The Labute approximate surface area is 798 Å². The Balaban J connectivity index is 0.515. The molecule has 7 aromatic heterocycles. The Bertz CT molecular complexity index is 7720. The Hall–Kier alpha value is -12.9. The molecule has 4 aliphatic rings. The van der Waals surface area contributed by atoms with Crippen molar-refractivity contribution in [3.8, 4) is 56.4 Å². The average Bonchev–Trinajstić information content (AvgIpc) is 1.61. The zero-order valence-corrected chi connectivity index (χ0v) is 81.5. The van der Waals surface area contributed by atoms with E-state index in [0.29, 0.717) is 58.9 Å². The predicted octanol–water partition coefficient (Wildman–Crippen LogP) is 32.2. The molecule has 18 aromatic rings. The van der Waals surface area contributed by atoms with Gasteiger partial charge >= 0.3 is 0 Å². The second-order valence-electron chi connectivity index (χ2n) is 42.7. The van der Waals surface area contributed by atoms with E-state index in [4.69, 9.17) is 15.0 Å². The lowest BCUT2D eigenvalue weighted by Gasteiger charge is -2.20. The van der Waals surface area contributed by atoms with E-state index in [2.05, 4.69) is 377 Å². The molecular formula is C126H131N9. The number of aryl methyl sites for hydroxylation is 6. The zero-order chi connectivity index (χ0) is 92.0. The van der Waals surface area contributed by atoms with Crippen LogP contribution in [0, 0.1) is 35.5 Å². The number of benzene rings is 11. The third-order valence-electron chi connectivity index (χ3n) is 29.7. The number of para-hydroxylation sites is 1. The van der Waals surface area contributed by atoms with Crippen LogP contribution in [0.15, 0.2) is 248 Å². The fourth-order valence-corrected chi connectivity index (χ4v) is 23.5. The molecule has 11 aromatic carbocycles. The van der Waals surface area contributed by atoms with E-state index < -0.39 is 0 Å². The van der Waals surface area contributed by atoms with Crippen LogP contribution in [0.25, 0.3) is 168 Å². The van der Waals surface area contributed by atoms with Gasteiger partial charge in [-0.1, -0.05) is 252 Å². The molecule has 0 spiro atoms. The van der Waals surface area contributed by atoms with Crippen molar-refractivity contribution < 1.29 is 0 Å². The van der Waals surface area contributed by atoms with Crippen molar-refractivity contribution in [3.63, 3.8) is 0 Å². The first-order valence-corrected chi connectivity index (χ1v) is 51.2. The summed E-state index contributed by atoms with van der Waals surface area (Å²) >= 11 is 0. The summed E-state index contributed by atoms with van der Waals surface area (Å²) in [6.45, 7) is 34.2. The van der Waals surface area contributed by atoms with Gasteiger partial charge in [0.15, 0.2) is 17.5 Å². The lowest BCUT2D eigenvalue weighted by molar-refractivity contribution is 0.519. The number of allylic oxidation sites excluding steroid dienone is 4. The number of nitrogens with zero attached hydrogens (tertiary/aromatic N) is 9. The molecule has 0 N–H and O–H groups in total. The monoisotopic (exact) mass is 1770 g/mol. The molecule has 0 bridgehead atoms. The fourth-order valence-electron chi connectivity index (χ4n) is 23.5. The summed E-state index contributed by atoms with van der Waals surface area (Å²) in [5, 5.41) is 11.0. The van der Waals surface area contributed by atoms with Crippen LogP contribution in [0.2, 0.25) is 0 Å². The maximum absolute atomic E-state index is 5.37. The first kappa shape index (κ1) is 87.5. The molecule has 1 atom stereocenters. The van der Waals surface area contributed by atoms with Crippen molar-refractivity contribution in [2.45, 2.75) is 231 Å². The molecule has 22 rings (SSSR count). The molecule has 9 heteroatoms. The van der Waals surface area contributed by atoms with Gasteiger partial charge in [-0.15, -0.1) is 0 Å². The summed E-state index contributed by atoms with van der Waals surface area (Å²) in [6, 6.07) is 87.3. The van der Waals surface area contributed by atoms with E-state index in [1.807, 2.05) is 0 Å². The van der Waals surface area contributed by atoms with Gasteiger partial charge in [0.2, 0.25) is 0 Å². The van der Waals surface area contributed by atoms with Crippen LogP contribution < -0.4 is 0 Å². The van der Waals surface area contributed by atoms with Gasteiger partial charge in [-0.2, -0.15) is 0 Å². The number of rotatable bonds is 30. The molecular weight excluding hydrogens is 1640 g/mol. The first-order chi connectivity index (χ1) is 65.8. The molecule has 0 aliphatic heterocycles. The maximum atomic E-state index is 5.37. The molecule has 0 amide bonds. The van der Waals surface area contributed by atoms with E-state index in [1.54, 1.807) is 5.57 Å². The van der Waals surface area contributed by atoms with Crippen molar-refractivity contribution in [2.75, 3.05) is 0 Å². The van der Waals surface area contributed by atoms with Gasteiger partial charge in [0.25, 0.3) is 0 Å². The van der Waals surface area contributed by atoms with E-state index in [1.165, 1.54) is 188 Å². The molecule has 4 aliphatic carbocycles. The van der Waals surface area contributed by atoms with Gasteiger partial charge in [0.05, 0.1) is 0 Å². The Morgan fingerprint density at radius 3 is 1.19 bits per heavy atom. The van der Waals surface area contributed by atoms with Crippen molar-refractivity contribution in [1.29, 1.82) is 0 Å². The predicted molar refractivity (Wildman–Crippen MR) is 573 cm³/mol. The average molecular weight is 1770 g/mol. The largest absolute Gasteiger partial charge is 0.344 e. The Kier molecular flexibility index (Phi) is 23.8. The number of aromatic nitrogens is 9. The van der Waals surface area contributed by atoms with E-state index in [-0.39, 0.29) is 0 Å². The van der Waals surface area contributed by atoms with Gasteiger partial charge in [-0.3, -0.25) is 0 Å². The van der Waals surface area contributed by atoms with Gasteiger partial charge in [0, 0.05) is 183 Å².